The molecular weight excluding hydrogens is 455 g/mol. The van der Waals surface area contributed by atoms with E-state index in [9.17, 15) is 21.2 Å². The minimum atomic E-state index is -4.17. The minimum Gasteiger partial charge on any atom is -0.495 e. The molecule has 0 bridgehead atoms. The van der Waals surface area contributed by atoms with Crippen molar-refractivity contribution in [3.05, 3.63) is 53.8 Å². The number of rotatable bonds is 5. The Balaban J connectivity index is 1.58. The van der Waals surface area contributed by atoms with Crippen molar-refractivity contribution in [1.29, 1.82) is 0 Å². The molecule has 0 radical (unpaired) electrons. The summed E-state index contributed by atoms with van der Waals surface area (Å²) in [6.45, 7) is 3.88. The van der Waals surface area contributed by atoms with E-state index in [1.165, 1.54) is 12.1 Å². The molecule has 2 aromatic rings. The van der Waals surface area contributed by atoms with Gasteiger partial charge in [-0.3, -0.25) is 4.90 Å². The van der Waals surface area contributed by atoms with Crippen LogP contribution >= 0.6 is 0 Å². The van der Waals surface area contributed by atoms with Crippen LogP contribution in [0.3, 0.4) is 0 Å². The number of para-hydroxylation sites is 2. The molecule has 32 heavy (non-hydrogen) atoms. The summed E-state index contributed by atoms with van der Waals surface area (Å²) in [6, 6.07) is 10.8. The number of aryl methyl sites for hydroxylation is 1. The first-order valence-electron chi connectivity index (χ1n) is 10.4. The monoisotopic (exact) mass is 482 g/mol. The number of anilines is 1. The standard InChI is InChI=1S/C22H27FN2O5S2/c1-16-7-8-17(23)21(13-16)32(28,29)22-15-31(26,27)14-19(22)25-11-9-24(10-12-25)18-5-3-4-6-20(18)30-2/h3-8,13,19,22H,9-12,14-15H2,1-2H3/t19-,22-/m0/s1. The van der Waals surface area contributed by atoms with Crippen LogP contribution in [0.5, 0.6) is 5.75 Å². The summed E-state index contributed by atoms with van der Waals surface area (Å²) in [5.41, 5.74) is 1.55. The van der Waals surface area contributed by atoms with Gasteiger partial charge in [0.25, 0.3) is 0 Å². The van der Waals surface area contributed by atoms with Gasteiger partial charge in [-0.2, -0.15) is 0 Å². The van der Waals surface area contributed by atoms with Crippen molar-refractivity contribution < 1.29 is 26.0 Å². The van der Waals surface area contributed by atoms with E-state index in [-0.39, 0.29) is 5.75 Å². The second kappa shape index (κ2) is 8.64. The Morgan fingerprint density at radius 1 is 1.03 bits per heavy atom. The highest BCUT2D eigenvalue weighted by Gasteiger charge is 2.49. The molecule has 0 aliphatic carbocycles. The van der Waals surface area contributed by atoms with Crippen molar-refractivity contribution in [2.24, 2.45) is 0 Å². The van der Waals surface area contributed by atoms with Crippen LogP contribution in [0.1, 0.15) is 5.56 Å². The first kappa shape index (κ1) is 23.0. The first-order chi connectivity index (χ1) is 15.1. The molecule has 0 spiro atoms. The highest BCUT2D eigenvalue weighted by Crippen LogP contribution is 2.33. The fourth-order valence-corrected chi connectivity index (χ4v) is 9.59. The van der Waals surface area contributed by atoms with Crippen LogP contribution in [0.4, 0.5) is 10.1 Å². The second-order valence-corrected chi connectivity index (χ2v) is 12.6. The van der Waals surface area contributed by atoms with Gasteiger partial charge in [-0.15, -0.1) is 0 Å². The molecule has 10 heteroatoms. The molecule has 4 rings (SSSR count). The van der Waals surface area contributed by atoms with Gasteiger partial charge in [0, 0.05) is 32.2 Å². The maximum atomic E-state index is 14.4. The Kier molecular flexibility index (Phi) is 6.21. The zero-order chi connectivity index (χ0) is 23.1. The normalized spacial score (nSPS) is 23.9. The smallest absolute Gasteiger partial charge is 0.186 e. The summed E-state index contributed by atoms with van der Waals surface area (Å²) in [5, 5.41) is -1.19. The average molecular weight is 483 g/mol. The molecule has 2 fully saturated rings. The molecule has 7 nitrogen and oxygen atoms in total. The van der Waals surface area contributed by atoms with Crippen molar-refractivity contribution in [3.63, 3.8) is 0 Å². The number of ether oxygens (including phenoxy) is 1. The number of methoxy groups -OCH3 is 1. The Morgan fingerprint density at radius 2 is 1.72 bits per heavy atom. The van der Waals surface area contributed by atoms with E-state index < -0.39 is 47.4 Å². The molecule has 0 saturated carbocycles. The van der Waals surface area contributed by atoms with Crippen LogP contribution in [-0.2, 0) is 19.7 Å². The van der Waals surface area contributed by atoms with Gasteiger partial charge in [0.15, 0.2) is 19.7 Å². The van der Waals surface area contributed by atoms with Crippen molar-refractivity contribution in [3.8, 4) is 5.75 Å². The average Bonchev–Trinajstić information content (AvgIpc) is 3.11. The van der Waals surface area contributed by atoms with Crippen LogP contribution in [0.15, 0.2) is 47.4 Å². The van der Waals surface area contributed by atoms with Crippen LogP contribution in [-0.4, -0.2) is 77.8 Å². The topological polar surface area (TPSA) is 84.0 Å². The second-order valence-electron chi connectivity index (χ2n) is 8.36. The number of halogens is 1. The van der Waals surface area contributed by atoms with Crippen LogP contribution in [0.2, 0.25) is 0 Å². The van der Waals surface area contributed by atoms with Gasteiger partial charge in [0.05, 0.1) is 29.6 Å². The summed E-state index contributed by atoms with van der Waals surface area (Å²) < 4.78 is 71.5. The third-order valence-corrected chi connectivity index (χ3v) is 10.4. The summed E-state index contributed by atoms with van der Waals surface area (Å²) in [4.78, 5) is 3.65. The first-order valence-corrected chi connectivity index (χ1v) is 13.8. The van der Waals surface area contributed by atoms with E-state index in [1.807, 2.05) is 29.2 Å². The van der Waals surface area contributed by atoms with Crippen molar-refractivity contribution in [2.75, 3.05) is 49.7 Å². The van der Waals surface area contributed by atoms with E-state index in [4.69, 9.17) is 4.74 Å². The maximum absolute atomic E-state index is 14.4. The highest BCUT2D eigenvalue weighted by atomic mass is 32.2. The molecule has 0 unspecified atom stereocenters. The van der Waals surface area contributed by atoms with Gasteiger partial charge in [-0.1, -0.05) is 18.2 Å². The van der Waals surface area contributed by atoms with Crippen LogP contribution < -0.4 is 9.64 Å². The molecule has 2 heterocycles. The molecule has 2 aliphatic heterocycles. The van der Waals surface area contributed by atoms with Crippen LogP contribution in [0.25, 0.3) is 0 Å². The zero-order valence-corrected chi connectivity index (χ0v) is 19.7. The lowest BCUT2D eigenvalue weighted by Gasteiger charge is -2.40. The Labute approximate surface area is 188 Å². The maximum Gasteiger partial charge on any atom is 0.186 e. The Morgan fingerprint density at radius 3 is 2.41 bits per heavy atom. The molecular formula is C22H27FN2O5S2. The molecule has 2 aromatic carbocycles. The van der Waals surface area contributed by atoms with Gasteiger partial charge < -0.3 is 9.64 Å². The summed E-state index contributed by atoms with van der Waals surface area (Å²) >= 11 is 0. The molecule has 0 N–H and O–H groups in total. The van der Waals surface area contributed by atoms with Gasteiger partial charge in [-0.05, 0) is 36.8 Å². The fourth-order valence-electron chi connectivity index (χ4n) is 4.61. The van der Waals surface area contributed by atoms with E-state index in [1.54, 1.807) is 14.0 Å². The van der Waals surface area contributed by atoms with Gasteiger partial charge in [0.1, 0.15) is 16.5 Å². The van der Waals surface area contributed by atoms with E-state index in [2.05, 4.69) is 4.90 Å². The zero-order valence-electron chi connectivity index (χ0n) is 18.1. The lowest BCUT2D eigenvalue weighted by molar-refractivity contribution is 0.201. The third kappa shape index (κ3) is 4.35. The Hall–Kier alpha value is -2.17. The van der Waals surface area contributed by atoms with Gasteiger partial charge >= 0.3 is 0 Å². The Bertz CT molecular complexity index is 1210. The van der Waals surface area contributed by atoms with Crippen LogP contribution in [0, 0.1) is 12.7 Å². The number of piperazine rings is 1. The summed E-state index contributed by atoms with van der Waals surface area (Å²) in [5.74, 6) is -0.821. The van der Waals surface area contributed by atoms with Crippen molar-refractivity contribution in [2.45, 2.75) is 23.1 Å². The molecule has 174 valence electrons. The predicted molar refractivity (Wildman–Crippen MR) is 121 cm³/mol. The largest absolute Gasteiger partial charge is 0.495 e. The van der Waals surface area contributed by atoms with Crippen molar-refractivity contribution >= 4 is 25.4 Å². The molecule has 0 aromatic heterocycles. The molecule has 2 atom stereocenters. The van der Waals surface area contributed by atoms with Gasteiger partial charge in [0.2, 0.25) is 0 Å². The van der Waals surface area contributed by atoms with E-state index in [0.717, 1.165) is 17.5 Å². The van der Waals surface area contributed by atoms with Crippen molar-refractivity contribution in [1.82, 2.24) is 4.90 Å². The minimum absolute atomic E-state index is 0.237. The summed E-state index contributed by atoms with van der Waals surface area (Å²) in [6.07, 6.45) is 0. The van der Waals surface area contributed by atoms with E-state index >= 15 is 0 Å². The molecule has 0 amide bonds. The molecule has 2 aliphatic rings. The number of nitrogens with zero attached hydrogens (tertiary/aromatic N) is 2. The number of hydrogen-bond acceptors (Lipinski definition) is 7. The predicted octanol–water partition coefficient (Wildman–Crippen LogP) is 1.90. The quantitative estimate of drug-likeness (QED) is 0.644. The van der Waals surface area contributed by atoms with E-state index in [0.29, 0.717) is 31.7 Å². The SMILES string of the molecule is COc1ccccc1N1CCN([C@H]2CS(=O)(=O)C[C@@H]2S(=O)(=O)c2cc(C)ccc2F)CC1. The lowest BCUT2D eigenvalue weighted by Crippen LogP contribution is -2.55. The number of benzene rings is 2. The third-order valence-electron chi connectivity index (χ3n) is 6.27. The number of sulfone groups is 2. The number of hydrogen-bond donors (Lipinski definition) is 0. The molecule has 2 saturated heterocycles. The van der Waals surface area contributed by atoms with Gasteiger partial charge in [-0.25, -0.2) is 21.2 Å². The fraction of sp³-hybridized carbons (Fsp3) is 0.455. The summed E-state index contributed by atoms with van der Waals surface area (Å²) in [7, 11) is -6.12. The highest BCUT2D eigenvalue weighted by molar-refractivity contribution is 7.96. The lowest BCUT2D eigenvalue weighted by atomic mass is 10.1.